The summed E-state index contributed by atoms with van der Waals surface area (Å²) < 4.78 is 0. The average Bonchev–Trinajstić information content (AvgIpc) is 2.37. The fourth-order valence-electron chi connectivity index (χ4n) is 1.79. The monoisotopic (exact) mass is 281 g/mol. The number of nitro benzene ring substituents is 2. The number of halogens is 1. The van der Waals surface area contributed by atoms with Crippen molar-refractivity contribution in [1.82, 2.24) is 0 Å². The topological polar surface area (TPSA) is 89.5 Å². The molecule has 0 unspecified atom stereocenters. The first-order valence-electron chi connectivity index (χ1n) is 5.23. The maximum atomic E-state index is 11.0. The van der Waals surface area contributed by atoms with E-state index in [1.807, 2.05) is 0 Å². The molecule has 0 spiro atoms. The molecule has 0 fully saturated rings. The van der Waals surface area contributed by atoms with Gasteiger partial charge in [0.15, 0.2) is 5.69 Å². The fraction of sp³-hybridized carbons (Fsp3) is 0.0909. The normalized spacial score (nSPS) is 14.2. The highest BCUT2D eigenvalue weighted by Gasteiger charge is 2.29. The molecule has 2 rings (SSSR count). The van der Waals surface area contributed by atoms with Gasteiger partial charge in [0, 0.05) is 24.9 Å². The number of para-hydroxylation sites is 1. The summed E-state index contributed by atoms with van der Waals surface area (Å²) in [6, 6.07) is 3.73. The van der Waals surface area contributed by atoms with Crippen LogP contribution in [0.2, 0.25) is 0 Å². The Kier molecular flexibility index (Phi) is 3.48. The molecule has 1 aromatic carbocycles. The summed E-state index contributed by atoms with van der Waals surface area (Å²) in [5, 5.41) is 22.4. The first kappa shape index (κ1) is 13.0. The Morgan fingerprint density at radius 2 is 1.74 bits per heavy atom. The van der Waals surface area contributed by atoms with Gasteiger partial charge >= 0.3 is 0 Å². The Bertz CT molecular complexity index is 580. The third-order valence-electron chi connectivity index (χ3n) is 2.53. The van der Waals surface area contributed by atoms with Gasteiger partial charge in [0.2, 0.25) is 0 Å². The summed E-state index contributed by atoms with van der Waals surface area (Å²) in [6.45, 7) is 0.280. The number of hydrogen-bond donors (Lipinski definition) is 0. The SMILES string of the molecule is O=[N+]([O-])c1cccc([N+](=O)[O-])c1N1C=C(Cl)C=CC1. The first-order valence-corrected chi connectivity index (χ1v) is 5.61. The molecule has 0 atom stereocenters. The van der Waals surface area contributed by atoms with E-state index in [0.29, 0.717) is 5.03 Å². The van der Waals surface area contributed by atoms with Gasteiger partial charge in [0.1, 0.15) is 0 Å². The Labute approximate surface area is 112 Å². The molecule has 1 aliphatic rings. The van der Waals surface area contributed by atoms with Crippen LogP contribution in [0.4, 0.5) is 17.1 Å². The maximum absolute atomic E-state index is 11.0. The molecule has 0 amide bonds. The van der Waals surface area contributed by atoms with Gasteiger partial charge < -0.3 is 4.90 Å². The minimum absolute atomic E-state index is 0.0694. The van der Waals surface area contributed by atoms with Gasteiger partial charge in [0.25, 0.3) is 11.4 Å². The summed E-state index contributed by atoms with van der Waals surface area (Å²) >= 11 is 5.82. The molecule has 0 aromatic heterocycles. The van der Waals surface area contributed by atoms with Crippen LogP contribution in [0.25, 0.3) is 0 Å². The lowest BCUT2D eigenvalue weighted by Crippen LogP contribution is -2.20. The van der Waals surface area contributed by atoms with Gasteiger partial charge in [-0.05, 0) is 12.1 Å². The molecule has 7 nitrogen and oxygen atoms in total. The van der Waals surface area contributed by atoms with E-state index in [4.69, 9.17) is 11.6 Å². The zero-order valence-electron chi connectivity index (χ0n) is 9.52. The Hall–Kier alpha value is -2.41. The third kappa shape index (κ3) is 2.55. The van der Waals surface area contributed by atoms with E-state index in [-0.39, 0.29) is 23.6 Å². The molecule has 1 heterocycles. The summed E-state index contributed by atoms with van der Waals surface area (Å²) in [4.78, 5) is 22.1. The standard InChI is InChI=1S/C11H8ClN3O4/c12-8-3-2-6-13(7-8)11-9(14(16)17)4-1-5-10(11)15(18)19/h1-5,7H,6H2. The number of anilines is 1. The zero-order valence-corrected chi connectivity index (χ0v) is 10.3. The predicted octanol–water partition coefficient (Wildman–Crippen LogP) is 2.96. The summed E-state index contributed by atoms with van der Waals surface area (Å²) in [5.41, 5.74) is -0.726. The molecular formula is C11H8ClN3O4. The predicted molar refractivity (Wildman–Crippen MR) is 70.2 cm³/mol. The fourth-order valence-corrected chi connectivity index (χ4v) is 1.99. The van der Waals surface area contributed by atoms with Crippen LogP contribution in [0.3, 0.4) is 0 Å². The van der Waals surface area contributed by atoms with E-state index in [9.17, 15) is 20.2 Å². The van der Waals surface area contributed by atoms with E-state index < -0.39 is 9.85 Å². The van der Waals surface area contributed by atoms with Crippen LogP contribution in [-0.4, -0.2) is 16.4 Å². The zero-order chi connectivity index (χ0) is 14.0. The van der Waals surface area contributed by atoms with Gasteiger partial charge in [-0.15, -0.1) is 0 Å². The second-order valence-corrected chi connectivity index (χ2v) is 4.16. The molecule has 1 aliphatic heterocycles. The van der Waals surface area contributed by atoms with Crippen LogP contribution in [0.1, 0.15) is 0 Å². The van der Waals surface area contributed by atoms with Crippen LogP contribution >= 0.6 is 11.6 Å². The first-order chi connectivity index (χ1) is 9.00. The van der Waals surface area contributed by atoms with E-state index >= 15 is 0 Å². The van der Waals surface area contributed by atoms with Crippen molar-refractivity contribution >= 4 is 28.7 Å². The van der Waals surface area contributed by atoms with Crippen molar-refractivity contribution in [3.63, 3.8) is 0 Å². The van der Waals surface area contributed by atoms with Crippen molar-refractivity contribution in [1.29, 1.82) is 0 Å². The highest BCUT2D eigenvalue weighted by Crippen LogP contribution is 2.38. The molecule has 0 bridgehead atoms. The molecule has 0 aliphatic carbocycles. The molecular weight excluding hydrogens is 274 g/mol. The molecule has 98 valence electrons. The van der Waals surface area contributed by atoms with Crippen LogP contribution < -0.4 is 4.90 Å². The molecule has 0 saturated heterocycles. The molecule has 0 radical (unpaired) electrons. The minimum Gasteiger partial charge on any atom is -0.331 e. The largest absolute Gasteiger partial charge is 0.331 e. The van der Waals surface area contributed by atoms with Gasteiger partial charge in [-0.1, -0.05) is 17.7 Å². The number of rotatable bonds is 3. The van der Waals surface area contributed by atoms with Crippen molar-refractivity contribution in [3.05, 3.63) is 61.8 Å². The van der Waals surface area contributed by atoms with E-state index in [1.54, 1.807) is 12.2 Å². The average molecular weight is 282 g/mol. The van der Waals surface area contributed by atoms with E-state index in [1.165, 1.54) is 29.3 Å². The van der Waals surface area contributed by atoms with Crippen LogP contribution in [-0.2, 0) is 0 Å². The van der Waals surface area contributed by atoms with Gasteiger partial charge in [-0.25, -0.2) is 0 Å². The Morgan fingerprint density at radius 1 is 1.16 bits per heavy atom. The van der Waals surface area contributed by atoms with Crippen LogP contribution in [0.5, 0.6) is 0 Å². The quantitative estimate of drug-likeness (QED) is 0.627. The second kappa shape index (κ2) is 5.07. The number of nitro groups is 2. The number of allylic oxidation sites excluding steroid dienone is 2. The van der Waals surface area contributed by atoms with Crippen molar-refractivity contribution in [2.75, 3.05) is 11.4 Å². The van der Waals surface area contributed by atoms with Gasteiger partial charge in [-0.3, -0.25) is 20.2 Å². The minimum atomic E-state index is -0.650. The summed E-state index contributed by atoms with van der Waals surface area (Å²) in [7, 11) is 0. The summed E-state index contributed by atoms with van der Waals surface area (Å²) in [6.07, 6.45) is 4.72. The number of hydrogen-bond acceptors (Lipinski definition) is 5. The van der Waals surface area contributed by atoms with E-state index in [0.717, 1.165) is 0 Å². The van der Waals surface area contributed by atoms with Gasteiger partial charge in [-0.2, -0.15) is 0 Å². The maximum Gasteiger partial charge on any atom is 0.300 e. The smallest absolute Gasteiger partial charge is 0.300 e. The van der Waals surface area contributed by atoms with Crippen molar-refractivity contribution < 1.29 is 9.85 Å². The van der Waals surface area contributed by atoms with E-state index in [2.05, 4.69) is 0 Å². The Morgan fingerprint density at radius 3 is 2.21 bits per heavy atom. The lowest BCUT2D eigenvalue weighted by atomic mass is 10.2. The number of nitrogens with zero attached hydrogens (tertiary/aromatic N) is 3. The molecule has 1 aromatic rings. The lowest BCUT2D eigenvalue weighted by Gasteiger charge is -2.21. The highest BCUT2D eigenvalue weighted by molar-refractivity contribution is 6.31. The molecule has 0 N–H and O–H groups in total. The Balaban J connectivity index is 2.62. The molecule has 0 saturated carbocycles. The highest BCUT2D eigenvalue weighted by atomic mass is 35.5. The number of benzene rings is 1. The summed E-state index contributed by atoms with van der Waals surface area (Å²) in [5.74, 6) is 0. The van der Waals surface area contributed by atoms with Crippen LogP contribution in [0.15, 0.2) is 41.6 Å². The van der Waals surface area contributed by atoms with Crippen molar-refractivity contribution in [3.8, 4) is 0 Å². The molecule has 19 heavy (non-hydrogen) atoms. The van der Waals surface area contributed by atoms with Gasteiger partial charge in [0.05, 0.1) is 14.9 Å². The third-order valence-corrected chi connectivity index (χ3v) is 2.76. The lowest BCUT2D eigenvalue weighted by molar-refractivity contribution is -0.392. The second-order valence-electron chi connectivity index (χ2n) is 3.73. The van der Waals surface area contributed by atoms with Crippen molar-refractivity contribution in [2.24, 2.45) is 0 Å². The van der Waals surface area contributed by atoms with Crippen molar-refractivity contribution in [2.45, 2.75) is 0 Å². The van der Waals surface area contributed by atoms with Crippen LogP contribution in [0, 0.1) is 20.2 Å². The molecule has 8 heteroatoms.